The number of aryl methyl sites for hydroxylation is 1. The summed E-state index contributed by atoms with van der Waals surface area (Å²) < 4.78 is 1.80. The lowest BCUT2D eigenvalue weighted by Gasteiger charge is -2.03. The molecule has 5 heteroatoms. The normalized spacial score (nSPS) is 11.0. The summed E-state index contributed by atoms with van der Waals surface area (Å²) in [5.74, 6) is 0. The molecule has 0 saturated carbocycles. The van der Waals surface area contributed by atoms with Crippen molar-refractivity contribution in [2.45, 2.75) is 6.42 Å². The highest BCUT2D eigenvalue weighted by Crippen LogP contribution is 2.22. The number of nitrogens with zero attached hydrogens (tertiary/aromatic N) is 3. The largest absolute Gasteiger partial charge is 0.298 e. The molecule has 0 aliphatic heterocycles. The highest BCUT2D eigenvalue weighted by molar-refractivity contribution is 5.88. The lowest BCUT2D eigenvalue weighted by Crippen LogP contribution is -1.90. The molecule has 0 bridgehead atoms. The summed E-state index contributed by atoms with van der Waals surface area (Å²) >= 11 is 0. The van der Waals surface area contributed by atoms with Gasteiger partial charge in [0.05, 0.1) is 11.7 Å². The number of hydrogen-bond donors (Lipinski definition) is 1. The Kier molecular flexibility index (Phi) is 3.46. The van der Waals surface area contributed by atoms with Crippen molar-refractivity contribution in [3.05, 3.63) is 71.7 Å². The molecule has 0 atom stereocenters. The third-order valence-electron chi connectivity index (χ3n) is 4.17. The first-order valence-electron chi connectivity index (χ1n) is 7.73. The molecule has 4 rings (SSSR count). The Morgan fingerprint density at radius 3 is 2.67 bits per heavy atom. The van der Waals surface area contributed by atoms with E-state index in [2.05, 4.69) is 39.6 Å². The average molecular weight is 316 g/mol. The van der Waals surface area contributed by atoms with E-state index in [1.165, 1.54) is 5.56 Å². The molecular weight excluding hydrogens is 300 g/mol. The maximum atomic E-state index is 11.0. The van der Waals surface area contributed by atoms with Crippen molar-refractivity contribution in [1.29, 1.82) is 0 Å². The van der Waals surface area contributed by atoms with Crippen LogP contribution in [-0.2, 0) is 13.5 Å². The number of H-pyrrole nitrogens is 1. The van der Waals surface area contributed by atoms with Crippen LogP contribution in [0.25, 0.3) is 22.0 Å². The van der Waals surface area contributed by atoms with Gasteiger partial charge in [0.2, 0.25) is 0 Å². The van der Waals surface area contributed by atoms with E-state index in [0.717, 1.165) is 40.4 Å². The van der Waals surface area contributed by atoms with Crippen molar-refractivity contribution < 1.29 is 4.79 Å². The fraction of sp³-hybridized carbons (Fsp3) is 0.105. The van der Waals surface area contributed by atoms with Gasteiger partial charge in [0, 0.05) is 41.9 Å². The van der Waals surface area contributed by atoms with Gasteiger partial charge in [-0.3, -0.25) is 14.6 Å². The van der Waals surface area contributed by atoms with Crippen LogP contribution in [0.4, 0.5) is 0 Å². The Morgan fingerprint density at radius 1 is 1.12 bits per heavy atom. The van der Waals surface area contributed by atoms with Gasteiger partial charge in [0.25, 0.3) is 0 Å². The van der Waals surface area contributed by atoms with Crippen molar-refractivity contribution >= 4 is 17.2 Å². The Bertz CT molecular complexity index is 1010. The Morgan fingerprint density at radius 2 is 1.96 bits per heavy atom. The molecule has 0 spiro atoms. The zero-order valence-corrected chi connectivity index (χ0v) is 13.2. The smallest absolute Gasteiger partial charge is 0.150 e. The van der Waals surface area contributed by atoms with E-state index in [0.29, 0.717) is 5.56 Å². The monoisotopic (exact) mass is 316 g/mol. The third-order valence-corrected chi connectivity index (χ3v) is 4.17. The van der Waals surface area contributed by atoms with Crippen LogP contribution in [0.3, 0.4) is 0 Å². The number of hydrogen-bond acceptors (Lipinski definition) is 3. The summed E-state index contributed by atoms with van der Waals surface area (Å²) in [6, 6.07) is 13.9. The van der Waals surface area contributed by atoms with Gasteiger partial charge in [-0.15, -0.1) is 0 Å². The summed E-state index contributed by atoms with van der Waals surface area (Å²) in [7, 11) is 1.91. The number of aldehydes is 1. The Balaban J connectivity index is 1.62. The number of benzene rings is 2. The minimum Gasteiger partial charge on any atom is -0.298 e. The molecule has 0 radical (unpaired) electrons. The van der Waals surface area contributed by atoms with Gasteiger partial charge >= 0.3 is 0 Å². The Labute approximate surface area is 138 Å². The molecule has 2 aromatic carbocycles. The second kappa shape index (κ2) is 5.77. The van der Waals surface area contributed by atoms with E-state index < -0.39 is 0 Å². The van der Waals surface area contributed by atoms with Crippen LogP contribution in [0.1, 0.15) is 21.6 Å². The number of rotatable bonds is 4. The second-order valence-corrected chi connectivity index (χ2v) is 5.87. The van der Waals surface area contributed by atoms with E-state index in [1.807, 2.05) is 31.6 Å². The van der Waals surface area contributed by atoms with Crippen molar-refractivity contribution in [2.75, 3.05) is 0 Å². The lowest BCUT2D eigenvalue weighted by molar-refractivity contribution is 0.112. The quantitative estimate of drug-likeness (QED) is 0.587. The second-order valence-electron chi connectivity index (χ2n) is 5.87. The summed E-state index contributed by atoms with van der Waals surface area (Å²) in [4.78, 5) is 11.0. The summed E-state index contributed by atoms with van der Waals surface area (Å²) in [5, 5.41) is 12.6. The molecule has 24 heavy (non-hydrogen) atoms. The SMILES string of the molecule is Cn1cc(-c2ccc(Cc3[nH]nc4ccc(C=O)cc34)cc2)cn1. The van der Waals surface area contributed by atoms with Crippen molar-refractivity contribution in [3.63, 3.8) is 0 Å². The van der Waals surface area contributed by atoms with E-state index in [4.69, 9.17) is 0 Å². The van der Waals surface area contributed by atoms with Crippen LogP contribution in [-0.4, -0.2) is 26.3 Å². The van der Waals surface area contributed by atoms with E-state index in [1.54, 1.807) is 10.7 Å². The first kappa shape index (κ1) is 14.4. The number of aromatic nitrogens is 4. The third kappa shape index (κ3) is 2.60. The molecule has 2 heterocycles. The molecule has 0 aliphatic carbocycles. The number of nitrogens with one attached hydrogen (secondary N) is 1. The highest BCUT2D eigenvalue weighted by Gasteiger charge is 2.08. The van der Waals surface area contributed by atoms with Crippen LogP contribution in [0.15, 0.2) is 54.9 Å². The average Bonchev–Trinajstić information content (AvgIpc) is 3.22. The molecule has 4 aromatic rings. The fourth-order valence-electron chi connectivity index (χ4n) is 2.88. The van der Waals surface area contributed by atoms with E-state index in [-0.39, 0.29) is 0 Å². The number of carbonyl (C=O) groups is 1. The molecule has 0 fully saturated rings. The first-order valence-corrected chi connectivity index (χ1v) is 7.73. The van der Waals surface area contributed by atoms with Crippen molar-refractivity contribution in [1.82, 2.24) is 20.0 Å². The minimum atomic E-state index is 0.664. The Hall–Kier alpha value is -3.21. The first-order chi connectivity index (χ1) is 11.7. The van der Waals surface area contributed by atoms with Gasteiger partial charge in [0.1, 0.15) is 6.29 Å². The zero-order valence-electron chi connectivity index (χ0n) is 13.2. The van der Waals surface area contributed by atoms with Crippen molar-refractivity contribution in [3.8, 4) is 11.1 Å². The summed E-state index contributed by atoms with van der Waals surface area (Å²) in [5.41, 5.74) is 5.99. The van der Waals surface area contributed by atoms with Gasteiger partial charge in [0.15, 0.2) is 0 Å². The molecular formula is C19H16N4O. The number of carbonyl (C=O) groups excluding carboxylic acids is 1. The van der Waals surface area contributed by atoms with Gasteiger partial charge in [-0.1, -0.05) is 24.3 Å². The van der Waals surface area contributed by atoms with Crippen LogP contribution in [0.2, 0.25) is 0 Å². The maximum Gasteiger partial charge on any atom is 0.150 e. The van der Waals surface area contributed by atoms with Crippen LogP contribution < -0.4 is 0 Å². The highest BCUT2D eigenvalue weighted by atomic mass is 16.1. The summed E-state index contributed by atoms with van der Waals surface area (Å²) in [6.45, 7) is 0. The fourth-order valence-corrected chi connectivity index (χ4v) is 2.88. The number of aromatic amines is 1. The predicted molar refractivity (Wildman–Crippen MR) is 92.9 cm³/mol. The summed E-state index contributed by atoms with van der Waals surface area (Å²) in [6.07, 6.45) is 5.46. The molecule has 2 aromatic heterocycles. The van der Waals surface area contributed by atoms with Crippen LogP contribution in [0, 0.1) is 0 Å². The molecule has 118 valence electrons. The topological polar surface area (TPSA) is 63.6 Å². The predicted octanol–water partition coefficient (Wildman–Crippen LogP) is 3.37. The molecule has 0 aliphatic rings. The molecule has 1 N–H and O–H groups in total. The molecule has 0 saturated heterocycles. The van der Waals surface area contributed by atoms with Gasteiger partial charge in [-0.2, -0.15) is 10.2 Å². The molecule has 0 amide bonds. The molecule has 0 unspecified atom stereocenters. The van der Waals surface area contributed by atoms with Gasteiger partial charge in [-0.05, 0) is 29.3 Å². The lowest BCUT2D eigenvalue weighted by atomic mass is 10.0. The van der Waals surface area contributed by atoms with Crippen molar-refractivity contribution in [2.24, 2.45) is 7.05 Å². The maximum absolute atomic E-state index is 11.0. The van der Waals surface area contributed by atoms with Gasteiger partial charge in [-0.25, -0.2) is 0 Å². The van der Waals surface area contributed by atoms with Crippen LogP contribution >= 0.6 is 0 Å². The van der Waals surface area contributed by atoms with E-state index >= 15 is 0 Å². The standard InChI is InChI=1S/C19H16N4O/c1-23-11-16(10-20-23)15-5-2-13(3-6-15)9-19-17-8-14(12-24)4-7-18(17)21-22-19/h2-8,10-12H,9H2,1H3,(H,21,22). The zero-order chi connectivity index (χ0) is 16.5. The van der Waals surface area contributed by atoms with Crippen LogP contribution in [0.5, 0.6) is 0 Å². The number of fused-ring (bicyclic) bond motifs is 1. The molecule has 5 nitrogen and oxygen atoms in total. The van der Waals surface area contributed by atoms with Gasteiger partial charge < -0.3 is 0 Å². The minimum absolute atomic E-state index is 0.664. The van der Waals surface area contributed by atoms with E-state index in [9.17, 15) is 4.79 Å².